The molecule has 5 nitrogen and oxygen atoms in total. The van der Waals surface area contributed by atoms with Crippen LogP contribution >= 0.6 is 11.3 Å². The summed E-state index contributed by atoms with van der Waals surface area (Å²) in [6.07, 6.45) is 0.842. The van der Waals surface area contributed by atoms with Gasteiger partial charge in [-0.25, -0.2) is 0 Å². The quantitative estimate of drug-likeness (QED) is 0.731. The van der Waals surface area contributed by atoms with Gasteiger partial charge in [-0.3, -0.25) is 9.89 Å². The van der Waals surface area contributed by atoms with Crippen molar-refractivity contribution in [2.45, 2.75) is 12.6 Å². The van der Waals surface area contributed by atoms with Crippen LogP contribution in [0.2, 0.25) is 0 Å². The van der Waals surface area contributed by atoms with Crippen molar-refractivity contribution in [2.24, 2.45) is 0 Å². The third kappa shape index (κ3) is 3.85. The minimum Gasteiger partial charge on any atom is -0.386 e. The van der Waals surface area contributed by atoms with Gasteiger partial charge in [-0.1, -0.05) is 36.4 Å². The van der Waals surface area contributed by atoms with Crippen LogP contribution in [0.3, 0.4) is 0 Å². The lowest BCUT2D eigenvalue weighted by Gasteiger charge is -2.24. The van der Waals surface area contributed by atoms with Crippen LogP contribution in [0.25, 0.3) is 0 Å². The number of hydrogen-bond donors (Lipinski definition) is 2. The number of H-pyrrole nitrogens is 1. The molecule has 0 saturated carbocycles. The maximum atomic E-state index is 12.7. The number of rotatable bonds is 6. The van der Waals surface area contributed by atoms with Crippen LogP contribution in [0.4, 0.5) is 0 Å². The summed E-state index contributed by atoms with van der Waals surface area (Å²) >= 11 is 1.48. The Kier molecular flexibility index (Phi) is 4.85. The predicted octanol–water partition coefficient (Wildman–Crippen LogP) is 2.85. The van der Waals surface area contributed by atoms with E-state index in [1.54, 1.807) is 17.2 Å². The first-order valence-electron chi connectivity index (χ1n) is 7.28. The topological polar surface area (TPSA) is 69.2 Å². The van der Waals surface area contributed by atoms with E-state index >= 15 is 0 Å². The van der Waals surface area contributed by atoms with E-state index in [1.165, 1.54) is 11.3 Å². The van der Waals surface area contributed by atoms with E-state index in [0.717, 1.165) is 10.4 Å². The average molecular weight is 327 g/mol. The molecule has 1 aromatic carbocycles. The van der Waals surface area contributed by atoms with Gasteiger partial charge in [0, 0.05) is 17.6 Å². The van der Waals surface area contributed by atoms with Crippen LogP contribution in [-0.2, 0) is 6.54 Å². The lowest BCUT2D eigenvalue weighted by molar-refractivity contribution is 0.0603. The summed E-state index contributed by atoms with van der Waals surface area (Å²) in [4.78, 5) is 15.1. The molecule has 0 saturated heterocycles. The van der Waals surface area contributed by atoms with Gasteiger partial charge in [0.25, 0.3) is 5.91 Å². The second-order valence-corrected chi connectivity index (χ2v) is 6.15. The molecule has 2 heterocycles. The Balaban J connectivity index is 1.79. The molecule has 1 unspecified atom stereocenters. The van der Waals surface area contributed by atoms with Crippen LogP contribution in [0.15, 0.2) is 60.1 Å². The van der Waals surface area contributed by atoms with Crippen molar-refractivity contribution in [3.63, 3.8) is 0 Å². The number of carbonyl (C=O) groups is 1. The van der Waals surface area contributed by atoms with E-state index in [4.69, 9.17) is 0 Å². The highest BCUT2D eigenvalue weighted by Crippen LogP contribution is 2.21. The summed E-state index contributed by atoms with van der Waals surface area (Å²) in [6.45, 7) is 0.661. The van der Waals surface area contributed by atoms with Gasteiger partial charge < -0.3 is 10.0 Å². The van der Waals surface area contributed by atoms with Gasteiger partial charge in [0.1, 0.15) is 11.8 Å². The standard InChI is InChI=1S/C17H17N3O2S/c21-15(16-7-4-10-23-16)12-20(11-13-5-2-1-3-6-13)17(22)14-8-9-18-19-14/h1-10,15,21H,11-12H2,(H,18,19). The molecule has 0 aliphatic heterocycles. The first-order chi connectivity index (χ1) is 11.2. The Bertz CT molecular complexity index is 727. The van der Waals surface area contributed by atoms with E-state index in [1.807, 2.05) is 47.8 Å². The van der Waals surface area contributed by atoms with Crippen molar-refractivity contribution in [2.75, 3.05) is 6.54 Å². The fourth-order valence-electron chi connectivity index (χ4n) is 2.35. The second kappa shape index (κ2) is 7.21. The van der Waals surface area contributed by atoms with Crippen molar-refractivity contribution in [1.29, 1.82) is 0 Å². The highest BCUT2D eigenvalue weighted by molar-refractivity contribution is 7.10. The number of aromatic amines is 1. The molecule has 23 heavy (non-hydrogen) atoms. The number of aliphatic hydroxyl groups is 1. The fourth-order valence-corrected chi connectivity index (χ4v) is 3.05. The zero-order valence-corrected chi connectivity index (χ0v) is 13.2. The Hall–Kier alpha value is -2.44. The second-order valence-electron chi connectivity index (χ2n) is 5.17. The van der Waals surface area contributed by atoms with Crippen molar-refractivity contribution in [3.8, 4) is 0 Å². The molecule has 0 fully saturated rings. The summed E-state index contributed by atoms with van der Waals surface area (Å²) in [7, 11) is 0. The largest absolute Gasteiger partial charge is 0.386 e. The molecule has 1 amide bonds. The molecule has 0 bridgehead atoms. The Labute approximate surface area is 138 Å². The number of carbonyl (C=O) groups excluding carboxylic acids is 1. The first-order valence-corrected chi connectivity index (χ1v) is 8.16. The summed E-state index contributed by atoms with van der Waals surface area (Å²) in [5.74, 6) is -0.179. The maximum Gasteiger partial charge on any atom is 0.272 e. The lowest BCUT2D eigenvalue weighted by atomic mass is 10.2. The molecule has 118 valence electrons. The normalized spacial score (nSPS) is 12.0. The van der Waals surface area contributed by atoms with Gasteiger partial charge in [-0.2, -0.15) is 5.10 Å². The van der Waals surface area contributed by atoms with E-state index in [2.05, 4.69) is 10.2 Å². The number of nitrogens with zero attached hydrogens (tertiary/aromatic N) is 2. The number of aliphatic hydroxyl groups excluding tert-OH is 1. The van der Waals surface area contributed by atoms with Crippen molar-refractivity contribution in [3.05, 3.63) is 76.2 Å². The van der Waals surface area contributed by atoms with Crippen LogP contribution in [-0.4, -0.2) is 32.7 Å². The smallest absolute Gasteiger partial charge is 0.272 e. The summed E-state index contributed by atoms with van der Waals surface area (Å²) < 4.78 is 0. The number of benzene rings is 1. The van der Waals surface area contributed by atoms with Crippen LogP contribution < -0.4 is 0 Å². The predicted molar refractivity (Wildman–Crippen MR) is 89.0 cm³/mol. The van der Waals surface area contributed by atoms with Crippen molar-refractivity contribution in [1.82, 2.24) is 15.1 Å². The van der Waals surface area contributed by atoms with Gasteiger partial charge in [0.2, 0.25) is 0 Å². The first kappa shape index (κ1) is 15.5. The molecular formula is C17H17N3O2S. The van der Waals surface area contributed by atoms with Crippen LogP contribution in [0.5, 0.6) is 0 Å². The number of hydrogen-bond acceptors (Lipinski definition) is 4. The molecule has 0 spiro atoms. The molecular weight excluding hydrogens is 310 g/mol. The zero-order chi connectivity index (χ0) is 16.1. The number of nitrogens with one attached hydrogen (secondary N) is 1. The Morgan fingerprint density at radius 2 is 2.04 bits per heavy atom. The molecule has 3 rings (SSSR count). The number of thiophene rings is 1. The highest BCUT2D eigenvalue weighted by Gasteiger charge is 2.21. The van der Waals surface area contributed by atoms with E-state index in [9.17, 15) is 9.90 Å². The number of amides is 1. The van der Waals surface area contributed by atoms with Gasteiger partial charge in [0.15, 0.2) is 0 Å². The van der Waals surface area contributed by atoms with Crippen molar-refractivity contribution >= 4 is 17.2 Å². The summed E-state index contributed by atoms with van der Waals surface area (Å²) in [6, 6.07) is 15.1. The minimum atomic E-state index is -0.703. The monoisotopic (exact) mass is 327 g/mol. The van der Waals surface area contributed by atoms with Crippen LogP contribution in [0, 0.1) is 0 Å². The third-order valence-electron chi connectivity index (χ3n) is 3.50. The molecule has 1 atom stereocenters. The van der Waals surface area contributed by atoms with Gasteiger partial charge in [-0.05, 0) is 23.1 Å². The minimum absolute atomic E-state index is 0.179. The number of aromatic nitrogens is 2. The Morgan fingerprint density at radius 1 is 1.22 bits per heavy atom. The third-order valence-corrected chi connectivity index (χ3v) is 4.47. The molecule has 6 heteroatoms. The van der Waals surface area contributed by atoms with E-state index in [-0.39, 0.29) is 12.5 Å². The molecule has 2 N–H and O–H groups in total. The average Bonchev–Trinajstić information content (AvgIpc) is 3.27. The molecule has 0 aliphatic carbocycles. The summed E-state index contributed by atoms with van der Waals surface area (Å²) in [5.41, 5.74) is 1.43. The van der Waals surface area contributed by atoms with Gasteiger partial charge >= 0.3 is 0 Å². The molecule has 0 aliphatic rings. The molecule has 3 aromatic rings. The van der Waals surface area contributed by atoms with Gasteiger partial charge in [0.05, 0.1) is 6.54 Å². The SMILES string of the molecule is O=C(c1ccn[nH]1)N(Cc1ccccc1)CC(O)c1cccs1. The van der Waals surface area contributed by atoms with Crippen LogP contribution in [0.1, 0.15) is 27.0 Å². The Morgan fingerprint density at radius 3 is 2.70 bits per heavy atom. The van der Waals surface area contributed by atoms with Crippen molar-refractivity contribution < 1.29 is 9.90 Å². The highest BCUT2D eigenvalue weighted by atomic mass is 32.1. The molecule has 2 aromatic heterocycles. The van der Waals surface area contributed by atoms with E-state index in [0.29, 0.717) is 12.2 Å². The van der Waals surface area contributed by atoms with Gasteiger partial charge in [-0.15, -0.1) is 11.3 Å². The summed E-state index contributed by atoms with van der Waals surface area (Å²) in [5, 5.41) is 18.8. The van der Waals surface area contributed by atoms with E-state index < -0.39 is 6.10 Å². The zero-order valence-electron chi connectivity index (χ0n) is 12.4. The fraction of sp³-hybridized carbons (Fsp3) is 0.176. The molecule has 0 radical (unpaired) electrons. The lowest BCUT2D eigenvalue weighted by Crippen LogP contribution is -2.34. The maximum absolute atomic E-state index is 12.7.